The number of hydrogen-bond acceptors (Lipinski definition) is 3. The summed E-state index contributed by atoms with van der Waals surface area (Å²) < 4.78 is 0. The maximum absolute atomic E-state index is 12.6. The molecule has 0 radical (unpaired) electrons. The van der Waals surface area contributed by atoms with E-state index in [1.807, 2.05) is 32.3 Å². The van der Waals surface area contributed by atoms with Gasteiger partial charge in [0.2, 0.25) is 0 Å². The Kier molecular flexibility index (Phi) is 6.24. The van der Waals surface area contributed by atoms with Gasteiger partial charge in [0.15, 0.2) is 0 Å². The SMILES string of the molecule is CN(C)C(CNC(=O)N1CCCC1C(C)(C)O)Cc1ccccc1. The number of hydrogen-bond donors (Lipinski definition) is 2. The first-order valence-corrected chi connectivity index (χ1v) is 8.76. The van der Waals surface area contributed by atoms with Crippen LogP contribution in [0.25, 0.3) is 0 Å². The summed E-state index contributed by atoms with van der Waals surface area (Å²) >= 11 is 0. The molecule has 0 aliphatic carbocycles. The number of benzene rings is 1. The molecule has 2 atom stereocenters. The van der Waals surface area contributed by atoms with Crippen molar-refractivity contribution < 1.29 is 9.90 Å². The van der Waals surface area contributed by atoms with E-state index in [-0.39, 0.29) is 18.1 Å². The Morgan fingerprint density at radius 3 is 2.62 bits per heavy atom. The minimum absolute atomic E-state index is 0.0699. The van der Waals surface area contributed by atoms with Crippen molar-refractivity contribution in [3.05, 3.63) is 35.9 Å². The minimum Gasteiger partial charge on any atom is -0.388 e. The zero-order chi connectivity index (χ0) is 17.7. The minimum atomic E-state index is -0.862. The maximum Gasteiger partial charge on any atom is 0.317 e. The first kappa shape index (κ1) is 18.7. The third-order valence-electron chi connectivity index (χ3n) is 4.86. The molecule has 1 aliphatic heterocycles. The largest absolute Gasteiger partial charge is 0.388 e. The molecule has 5 heteroatoms. The number of carbonyl (C=O) groups excluding carboxylic acids is 1. The lowest BCUT2D eigenvalue weighted by molar-refractivity contribution is 0.00967. The highest BCUT2D eigenvalue weighted by molar-refractivity contribution is 5.75. The summed E-state index contributed by atoms with van der Waals surface area (Å²) in [5.41, 5.74) is 0.403. The van der Waals surface area contributed by atoms with E-state index in [0.717, 1.165) is 19.3 Å². The Bertz CT molecular complexity index is 525. The summed E-state index contributed by atoms with van der Waals surface area (Å²) in [7, 11) is 4.07. The average molecular weight is 333 g/mol. The van der Waals surface area contributed by atoms with E-state index >= 15 is 0 Å². The highest BCUT2D eigenvalue weighted by atomic mass is 16.3. The van der Waals surface area contributed by atoms with Crippen molar-refractivity contribution in [2.24, 2.45) is 0 Å². The molecule has 0 saturated carbocycles. The van der Waals surface area contributed by atoms with E-state index in [4.69, 9.17) is 0 Å². The summed E-state index contributed by atoms with van der Waals surface area (Å²) in [6.45, 7) is 4.87. The van der Waals surface area contributed by atoms with Gasteiger partial charge in [0, 0.05) is 19.1 Å². The van der Waals surface area contributed by atoms with Crippen LogP contribution < -0.4 is 5.32 Å². The van der Waals surface area contributed by atoms with Gasteiger partial charge in [0.05, 0.1) is 11.6 Å². The van der Waals surface area contributed by atoms with Crippen molar-refractivity contribution >= 4 is 6.03 Å². The van der Waals surface area contributed by atoms with E-state index in [2.05, 4.69) is 22.3 Å². The van der Waals surface area contributed by atoms with E-state index in [0.29, 0.717) is 13.1 Å². The van der Waals surface area contributed by atoms with Crippen LogP contribution in [0.3, 0.4) is 0 Å². The zero-order valence-corrected chi connectivity index (χ0v) is 15.3. The average Bonchev–Trinajstić information content (AvgIpc) is 3.01. The number of likely N-dealkylation sites (N-methyl/N-ethyl adjacent to an activating group) is 1. The van der Waals surface area contributed by atoms with Crippen LogP contribution in [0.2, 0.25) is 0 Å². The second-order valence-corrected chi connectivity index (χ2v) is 7.50. The molecule has 5 nitrogen and oxygen atoms in total. The van der Waals surface area contributed by atoms with Gasteiger partial charge in [0.1, 0.15) is 0 Å². The Labute approximate surface area is 145 Å². The van der Waals surface area contributed by atoms with Crippen molar-refractivity contribution in [2.45, 2.75) is 50.8 Å². The number of urea groups is 1. The molecule has 1 aromatic carbocycles. The van der Waals surface area contributed by atoms with Gasteiger partial charge in [-0.2, -0.15) is 0 Å². The molecule has 2 rings (SSSR count). The molecule has 2 N–H and O–H groups in total. The molecular formula is C19H31N3O2. The van der Waals surface area contributed by atoms with Crippen LogP contribution in [0.1, 0.15) is 32.3 Å². The van der Waals surface area contributed by atoms with Crippen LogP contribution >= 0.6 is 0 Å². The van der Waals surface area contributed by atoms with Gasteiger partial charge in [0.25, 0.3) is 0 Å². The molecule has 1 aromatic rings. The fraction of sp³-hybridized carbons (Fsp3) is 0.632. The van der Waals surface area contributed by atoms with Gasteiger partial charge in [-0.1, -0.05) is 30.3 Å². The molecule has 24 heavy (non-hydrogen) atoms. The smallest absolute Gasteiger partial charge is 0.317 e. The fourth-order valence-corrected chi connectivity index (χ4v) is 3.37. The van der Waals surface area contributed by atoms with Crippen LogP contribution in [0.4, 0.5) is 4.79 Å². The molecule has 2 unspecified atom stereocenters. The van der Waals surface area contributed by atoms with Crippen molar-refractivity contribution in [2.75, 3.05) is 27.2 Å². The standard InChI is InChI=1S/C19H31N3O2/c1-19(2,24)17-11-8-12-22(17)18(23)20-14-16(21(3)4)13-15-9-6-5-7-10-15/h5-7,9-10,16-17,24H,8,11-14H2,1-4H3,(H,20,23). The van der Waals surface area contributed by atoms with Gasteiger partial charge in [-0.05, 0) is 52.8 Å². The van der Waals surface area contributed by atoms with Crippen LogP contribution in [-0.2, 0) is 6.42 Å². The molecule has 0 spiro atoms. The molecule has 1 fully saturated rings. The number of rotatable bonds is 6. The van der Waals surface area contributed by atoms with Crippen LogP contribution in [0.15, 0.2) is 30.3 Å². The third kappa shape index (κ3) is 4.95. The number of likely N-dealkylation sites (tertiary alicyclic amines) is 1. The summed E-state index contributed by atoms with van der Waals surface area (Å²) in [6.07, 6.45) is 2.70. The highest BCUT2D eigenvalue weighted by Crippen LogP contribution is 2.26. The Morgan fingerprint density at radius 1 is 1.38 bits per heavy atom. The Balaban J connectivity index is 1.93. The lowest BCUT2D eigenvalue weighted by Crippen LogP contribution is -2.53. The molecule has 1 heterocycles. The number of nitrogens with one attached hydrogen (secondary N) is 1. The molecule has 1 saturated heterocycles. The van der Waals surface area contributed by atoms with Gasteiger partial charge in [-0.25, -0.2) is 4.79 Å². The topological polar surface area (TPSA) is 55.8 Å². The molecule has 1 aliphatic rings. The van der Waals surface area contributed by atoms with Gasteiger partial charge >= 0.3 is 6.03 Å². The molecular weight excluding hydrogens is 302 g/mol. The number of amides is 2. The summed E-state index contributed by atoms with van der Waals surface area (Å²) in [5, 5.41) is 13.3. The van der Waals surface area contributed by atoms with E-state index < -0.39 is 5.60 Å². The summed E-state index contributed by atoms with van der Waals surface area (Å²) in [6, 6.07) is 10.4. The van der Waals surface area contributed by atoms with Gasteiger partial charge < -0.3 is 20.2 Å². The molecule has 0 bridgehead atoms. The predicted molar refractivity (Wildman–Crippen MR) is 97.0 cm³/mol. The number of carbonyl (C=O) groups is 1. The quantitative estimate of drug-likeness (QED) is 0.838. The van der Waals surface area contributed by atoms with E-state index in [1.54, 1.807) is 18.7 Å². The monoisotopic (exact) mass is 333 g/mol. The van der Waals surface area contributed by atoms with Gasteiger partial charge in [-0.3, -0.25) is 0 Å². The molecule has 134 valence electrons. The normalized spacial score (nSPS) is 19.6. The number of aliphatic hydroxyl groups is 1. The lowest BCUT2D eigenvalue weighted by Gasteiger charge is -2.34. The third-order valence-corrected chi connectivity index (χ3v) is 4.86. The first-order chi connectivity index (χ1) is 11.3. The van der Waals surface area contributed by atoms with E-state index in [1.165, 1.54) is 5.56 Å². The summed E-state index contributed by atoms with van der Waals surface area (Å²) in [4.78, 5) is 16.5. The predicted octanol–water partition coefficient (Wildman–Crippen LogP) is 2.10. The second kappa shape index (κ2) is 7.99. The van der Waals surface area contributed by atoms with Crippen LogP contribution in [-0.4, -0.2) is 65.8 Å². The van der Waals surface area contributed by atoms with Crippen LogP contribution in [0.5, 0.6) is 0 Å². The second-order valence-electron chi connectivity index (χ2n) is 7.50. The summed E-state index contributed by atoms with van der Waals surface area (Å²) in [5.74, 6) is 0. The number of nitrogens with zero attached hydrogens (tertiary/aromatic N) is 2. The Hall–Kier alpha value is -1.59. The van der Waals surface area contributed by atoms with Crippen molar-refractivity contribution in [1.82, 2.24) is 15.1 Å². The maximum atomic E-state index is 12.6. The zero-order valence-electron chi connectivity index (χ0n) is 15.3. The Morgan fingerprint density at radius 2 is 2.04 bits per heavy atom. The molecule has 2 amide bonds. The van der Waals surface area contributed by atoms with Crippen molar-refractivity contribution in [1.29, 1.82) is 0 Å². The fourth-order valence-electron chi connectivity index (χ4n) is 3.37. The van der Waals surface area contributed by atoms with Gasteiger partial charge in [-0.15, -0.1) is 0 Å². The van der Waals surface area contributed by atoms with E-state index in [9.17, 15) is 9.90 Å². The van der Waals surface area contributed by atoms with Crippen molar-refractivity contribution in [3.63, 3.8) is 0 Å². The first-order valence-electron chi connectivity index (χ1n) is 8.76. The lowest BCUT2D eigenvalue weighted by atomic mass is 9.97. The van der Waals surface area contributed by atoms with Crippen LogP contribution in [0, 0.1) is 0 Å². The molecule has 0 aromatic heterocycles. The van der Waals surface area contributed by atoms with Crippen molar-refractivity contribution in [3.8, 4) is 0 Å². The highest BCUT2D eigenvalue weighted by Gasteiger charge is 2.38.